The molecular weight excluding hydrogens is 478 g/mol. The van der Waals surface area contributed by atoms with Gasteiger partial charge >= 0.3 is 0 Å². The first kappa shape index (κ1) is 27.5. The van der Waals surface area contributed by atoms with Gasteiger partial charge in [-0.2, -0.15) is 0 Å². The van der Waals surface area contributed by atoms with E-state index in [1.807, 2.05) is 45.0 Å². The summed E-state index contributed by atoms with van der Waals surface area (Å²) in [6.07, 6.45) is 0. The van der Waals surface area contributed by atoms with Crippen molar-refractivity contribution < 1.29 is 23.7 Å². The zero-order valence-corrected chi connectivity index (χ0v) is 22.0. The summed E-state index contributed by atoms with van der Waals surface area (Å²) >= 11 is 1.40. The van der Waals surface area contributed by atoms with Gasteiger partial charge in [0.25, 0.3) is 5.91 Å². The average molecular weight is 510 g/mol. The number of hydrogen-bond acceptors (Lipinski definition) is 8. The van der Waals surface area contributed by atoms with Gasteiger partial charge in [0.05, 0.1) is 27.4 Å². The Morgan fingerprint density at radius 1 is 0.912 bits per heavy atom. The fourth-order valence-electron chi connectivity index (χ4n) is 3.31. The van der Waals surface area contributed by atoms with Gasteiger partial charge in [-0.3, -0.25) is 9.69 Å². The number of nitrogens with zero attached hydrogens (tertiary/aromatic N) is 3. The molecular formula is C24H32ClN3O5S. The Hall–Kier alpha value is -2.75. The molecule has 0 saturated carbocycles. The van der Waals surface area contributed by atoms with E-state index in [1.165, 1.54) is 11.3 Å². The molecule has 0 saturated heterocycles. The molecule has 0 atom stereocenters. The van der Waals surface area contributed by atoms with Crippen molar-refractivity contribution in [2.45, 2.75) is 13.8 Å². The van der Waals surface area contributed by atoms with Gasteiger partial charge in [0.2, 0.25) is 0 Å². The number of amides is 1. The van der Waals surface area contributed by atoms with Gasteiger partial charge in [0.1, 0.15) is 21.7 Å². The molecule has 0 fully saturated rings. The molecule has 0 N–H and O–H groups in total. The van der Waals surface area contributed by atoms with Crippen molar-refractivity contribution in [1.29, 1.82) is 0 Å². The van der Waals surface area contributed by atoms with E-state index in [1.54, 1.807) is 37.3 Å². The summed E-state index contributed by atoms with van der Waals surface area (Å²) in [7, 11) is 7.16. The molecule has 10 heteroatoms. The highest BCUT2D eigenvalue weighted by molar-refractivity contribution is 7.22. The van der Waals surface area contributed by atoms with E-state index in [0.29, 0.717) is 65.5 Å². The Bertz CT molecular complexity index is 1060. The number of thiazole rings is 1. The van der Waals surface area contributed by atoms with Gasteiger partial charge in [-0.25, -0.2) is 4.98 Å². The van der Waals surface area contributed by atoms with Crippen molar-refractivity contribution in [2.75, 3.05) is 59.5 Å². The van der Waals surface area contributed by atoms with Crippen LogP contribution in [-0.2, 0) is 0 Å². The SMILES string of the molecule is CCOc1ccc(C(=O)N(CCN(C)C)c2nc3c(OC)ccc(OC)c3s2)cc1OCC.Cl. The molecule has 0 spiro atoms. The number of benzene rings is 2. The largest absolute Gasteiger partial charge is 0.495 e. The van der Waals surface area contributed by atoms with Gasteiger partial charge in [0.15, 0.2) is 16.6 Å². The van der Waals surface area contributed by atoms with E-state index in [4.69, 9.17) is 23.9 Å². The molecule has 0 bridgehead atoms. The van der Waals surface area contributed by atoms with E-state index >= 15 is 0 Å². The molecule has 0 aliphatic heterocycles. The molecule has 0 aliphatic rings. The Morgan fingerprint density at radius 3 is 2.15 bits per heavy atom. The molecule has 186 valence electrons. The first-order chi connectivity index (χ1) is 15.9. The fourth-order valence-corrected chi connectivity index (χ4v) is 4.41. The van der Waals surface area contributed by atoms with Gasteiger partial charge in [-0.1, -0.05) is 11.3 Å². The third kappa shape index (κ3) is 6.02. The quantitative estimate of drug-likeness (QED) is 0.369. The monoisotopic (exact) mass is 509 g/mol. The first-order valence-corrected chi connectivity index (χ1v) is 11.6. The Morgan fingerprint density at radius 2 is 1.53 bits per heavy atom. The van der Waals surface area contributed by atoms with Crippen LogP contribution >= 0.6 is 23.7 Å². The van der Waals surface area contributed by atoms with Crippen LogP contribution < -0.4 is 23.8 Å². The van der Waals surface area contributed by atoms with Crippen molar-refractivity contribution in [3.63, 3.8) is 0 Å². The molecule has 3 aromatic rings. The van der Waals surface area contributed by atoms with Crippen molar-refractivity contribution in [1.82, 2.24) is 9.88 Å². The maximum absolute atomic E-state index is 13.7. The van der Waals surface area contributed by atoms with Crippen molar-refractivity contribution >= 4 is 45.0 Å². The number of fused-ring (bicyclic) bond motifs is 1. The van der Waals surface area contributed by atoms with Crippen LogP contribution in [0, 0.1) is 0 Å². The number of likely N-dealkylation sites (N-methyl/N-ethyl adjacent to an activating group) is 1. The Labute approximate surface area is 210 Å². The smallest absolute Gasteiger partial charge is 0.260 e. The maximum atomic E-state index is 13.7. The highest BCUT2D eigenvalue weighted by atomic mass is 35.5. The van der Waals surface area contributed by atoms with E-state index in [-0.39, 0.29) is 18.3 Å². The summed E-state index contributed by atoms with van der Waals surface area (Å²) < 4.78 is 23.2. The molecule has 0 unspecified atom stereocenters. The lowest BCUT2D eigenvalue weighted by Crippen LogP contribution is -2.36. The molecule has 8 nitrogen and oxygen atoms in total. The maximum Gasteiger partial charge on any atom is 0.260 e. The van der Waals surface area contributed by atoms with Crippen molar-refractivity contribution in [3.8, 4) is 23.0 Å². The standard InChI is InChI=1S/C24H31N3O5S.ClH/c1-7-31-17-10-9-16(15-20(17)32-8-2)23(28)27(14-13-26(3)4)24-25-21-18(29-5)11-12-19(30-6)22(21)33-24;/h9-12,15H,7-8,13-14H2,1-6H3;1H. The van der Waals surface area contributed by atoms with Crippen LogP contribution in [0.1, 0.15) is 24.2 Å². The van der Waals surface area contributed by atoms with Gasteiger partial charge < -0.3 is 23.8 Å². The number of rotatable bonds is 11. The average Bonchev–Trinajstić information content (AvgIpc) is 3.24. The number of ether oxygens (including phenoxy) is 4. The lowest BCUT2D eigenvalue weighted by atomic mass is 10.1. The molecule has 1 aromatic heterocycles. The lowest BCUT2D eigenvalue weighted by Gasteiger charge is -2.22. The second-order valence-electron chi connectivity index (χ2n) is 7.43. The van der Waals surface area contributed by atoms with Crippen LogP contribution in [0.3, 0.4) is 0 Å². The minimum Gasteiger partial charge on any atom is -0.495 e. The van der Waals surface area contributed by atoms with E-state index < -0.39 is 0 Å². The van der Waals surface area contributed by atoms with Crippen LogP contribution in [0.15, 0.2) is 30.3 Å². The summed E-state index contributed by atoms with van der Waals surface area (Å²) in [5.74, 6) is 2.32. The van der Waals surface area contributed by atoms with Crippen molar-refractivity contribution in [2.24, 2.45) is 0 Å². The van der Waals surface area contributed by atoms with Crippen molar-refractivity contribution in [3.05, 3.63) is 35.9 Å². The number of hydrogen-bond donors (Lipinski definition) is 0. The Kier molecular flexibility index (Phi) is 10.2. The van der Waals surface area contributed by atoms with Crippen LogP contribution in [0.25, 0.3) is 10.2 Å². The summed E-state index contributed by atoms with van der Waals surface area (Å²) in [6, 6.07) is 8.92. The second kappa shape index (κ2) is 12.6. The van der Waals surface area contributed by atoms with Gasteiger partial charge in [0, 0.05) is 18.7 Å². The predicted octanol–water partition coefficient (Wildman–Crippen LogP) is 4.74. The predicted molar refractivity (Wildman–Crippen MR) is 139 cm³/mol. The number of carbonyl (C=O) groups excluding carboxylic acids is 1. The number of methoxy groups -OCH3 is 2. The molecule has 0 aliphatic carbocycles. The lowest BCUT2D eigenvalue weighted by molar-refractivity contribution is 0.0984. The molecule has 3 rings (SSSR count). The summed E-state index contributed by atoms with van der Waals surface area (Å²) in [5, 5.41) is 0.575. The number of halogens is 1. The van der Waals surface area contributed by atoms with Crippen LogP contribution in [0.5, 0.6) is 23.0 Å². The number of carbonyl (C=O) groups is 1. The van der Waals surface area contributed by atoms with Gasteiger partial charge in [-0.05, 0) is 58.3 Å². The topological polar surface area (TPSA) is 73.4 Å². The molecule has 1 amide bonds. The van der Waals surface area contributed by atoms with Gasteiger partial charge in [-0.15, -0.1) is 12.4 Å². The third-order valence-electron chi connectivity index (χ3n) is 4.94. The normalized spacial score (nSPS) is 10.7. The Balaban J connectivity index is 0.00000408. The van der Waals surface area contributed by atoms with E-state index in [0.717, 1.165) is 4.70 Å². The summed E-state index contributed by atoms with van der Waals surface area (Å²) in [4.78, 5) is 22.2. The summed E-state index contributed by atoms with van der Waals surface area (Å²) in [5.41, 5.74) is 1.17. The van der Waals surface area contributed by atoms with Crippen LogP contribution in [-0.4, -0.2) is 70.4 Å². The van der Waals surface area contributed by atoms with E-state index in [2.05, 4.69) is 0 Å². The molecule has 0 radical (unpaired) electrons. The minimum absolute atomic E-state index is 0. The van der Waals surface area contributed by atoms with E-state index in [9.17, 15) is 4.79 Å². The summed E-state index contributed by atoms with van der Waals surface area (Å²) in [6.45, 7) is 5.93. The number of aromatic nitrogens is 1. The van der Waals surface area contributed by atoms with Crippen LogP contribution in [0.2, 0.25) is 0 Å². The molecule has 34 heavy (non-hydrogen) atoms. The zero-order valence-electron chi connectivity index (χ0n) is 20.4. The highest BCUT2D eigenvalue weighted by Gasteiger charge is 2.24. The fraction of sp³-hybridized carbons (Fsp3) is 0.417. The zero-order chi connectivity index (χ0) is 24.0. The van der Waals surface area contributed by atoms with Crippen LogP contribution in [0.4, 0.5) is 5.13 Å². The minimum atomic E-state index is -0.169. The number of anilines is 1. The highest BCUT2D eigenvalue weighted by Crippen LogP contribution is 2.40. The molecule has 2 aromatic carbocycles. The molecule has 1 heterocycles. The second-order valence-corrected chi connectivity index (χ2v) is 8.41. The third-order valence-corrected chi connectivity index (χ3v) is 6.03. The first-order valence-electron chi connectivity index (χ1n) is 10.8.